The Morgan fingerprint density at radius 2 is 2.32 bits per heavy atom. The number of fused-ring (bicyclic) bond motifs is 1. The van der Waals surface area contributed by atoms with Gasteiger partial charge in [-0.2, -0.15) is 0 Å². The molecule has 0 aromatic carbocycles. The Balaban J connectivity index is 1.95. The highest BCUT2D eigenvalue weighted by molar-refractivity contribution is 7.14. The zero-order valence-corrected chi connectivity index (χ0v) is 11.8. The molecule has 0 bridgehead atoms. The molecule has 0 fully saturated rings. The van der Waals surface area contributed by atoms with E-state index in [1.807, 2.05) is 6.07 Å². The summed E-state index contributed by atoms with van der Waals surface area (Å²) >= 11 is 1.59. The van der Waals surface area contributed by atoms with Crippen molar-refractivity contribution in [3.05, 3.63) is 21.4 Å². The van der Waals surface area contributed by atoms with Gasteiger partial charge in [-0.15, -0.1) is 11.3 Å². The lowest BCUT2D eigenvalue weighted by molar-refractivity contribution is 0.0955. The fraction of sp³-hybridized carbons (Fsp3) is 0.538. The molecule has 0 saturated carbocycles. The van der Waals surface area contributed by atoms with E-state index in [9.17, 15) is 4.79 Å². The van der Waals surface area contributed by atoms with Crippen molar-refractivity contribution in [2.75, 3.05) is 6.54 Å². The van der Waals surface area contributed by atoms with Crippen LogP contribution in [-0.4, -0.2) is 23.5 Å². The molecule has 0 aliphatic heterocycles. The molecule has 104 valence electrons. The third-order valence-electron chi connectivity index (χ3n) is 3.41. The van der Waals surface area contributed by atoms with Gasteiger partial charge in [0.15, 0.2) is 0 Å². The van der Waals surface area contributed by atoms with Crippen molar-refractivity contribution in [2.45, 2.75) is 32.6 Å². The normalized spacial score (nSPS) is 16.8. The summed E-state index contributed by atoms with van der Waals surface area (Å²) in [7, 11) is 0. The molecule has 0 radical (unpaired) electrons. The number of nitrogens with two attached hydrogens (primary N) is 1. The first-order valence-electron chi connectivity index (χ1n) is 6.49. The summed E-state index contributed by atoms with van der Waals surface area (Å²) < 4.78 is 0. The van der Waals surface area contributed by atoms with E-state index in [4.69, 9.17) is 10.9 Å². The summed E-state index contributed by atoms with van der Waals surface area (Å²) in [5.74, 6) is -0.119. The van der Waals surface area contributed by atoms with Gasteiger partial charge in [-0.3, -0.25) is 4.79 Å². The minimum absolute atomic E-state index is 0.0722. The second kappa shape index (κ2) is 6.06. The van der Waals surface area contributed by atoms with Crippen molar-refractivity contribution in [1.29, 1.82) is 0 Å². The average molecular weight is 281 g/mol. The molecule has 1 aromatic heterocycles. The number of aryl methyl sites for hydroxylation is 2. The largest absolute Gasteiger partial charge is 0.409 e. The molecule has 4 N–H and O–H groups in total. The van der Waals surface area contributed by atoms with Crippen LogP contribution in [0.2, 0.25) is 0 Å². The topological polar surface area (TPSA) is 87.7 Å². The first kappa shape index (κ1) is 13.9. The summed E-state index contributed by atoms with van der Waals surface area (Å²) in [6.45, 7) is 2.17. The third-order valence-corrected chi connectivity index (χ3v) is 4.65. The van der Waals surface area contributed by atoms with E-state index in [1.165, 1.54) is 23.3 Å². The molecule has 1 aliphatic carbocycles. The van der Waals surface area contributed by atoms with Gasteiger partial charge in [-0.05, 0) is 37.3 Å². The van der Waals surface area contributed by atoms with E-state index < -0.39 is 0 Å². The maximum atomic E-state index is 12.0. The number of hydrogen-bond donors (Lipinski definition) is 3. The number of amidine groups is 1. The van der Waals surface area contributed by atoms with Crippen LogP contribution in [0.5, 0.6) is 0 Å². The number of rotatable bonds is 4. The van der Waals surface area contributed by atoms with E-state index in [-0.39, 0.29) is 17.7 Å². The zero-order valence-electron chi connectivity index (χ0n) is 11.0. The van der Waals surface area contributed by atoms with Crippen molar-refractivity contribution in [2.24, 2.45) is 16.8 Å². The van der Waals surface area contributed by atoms with Crippen LogP contribution in [0, 0.1) is 5.92 Å². The van der Waals surface area contributed by atoms with Crippen molar-refractivity contribution in [1.82, 2.24) is 5.32 Å². The minimum atomic E-state index is -0.177. The smallest absolute Gasteiger partial charge is 0.261 e. The van der Waals surface area contributed by atoms with Gasteiger partial charge in [0.25, 0.3) is 5.91 Å². The van der Waals surface area contributed by atoms with E-state index >= 15 is 0 Å². The Hall–Kier alpha value is -1.56. The SMILES string of the molecule is CC(CNC(=O)c1cc2c(s1)CCCC2)C(N)=NO. The van der Waals surface area contributed by atoms with Gasteiger partial charge >= 0.3 is 0 Å². The lowest BCUT2D eigenvalue weighted by Crippen LogP contribution is -2.34. The van der Waals surface area contributed by atoms with Gasteiger partial charge in [-0.1, -0.05) is 12.1 Å². The highest BCUT2D eigenvalue weighted by atomic mass is 32.1. The molecule has 6 heteroatoms. The standard InChI is InChI=1S/C13H19N3O2S/c1-8(12(14)16-18)7-15-13(17)11-6-9-4-2-3-5-10(9)19-11/h6,8,18H,2-5,7H2,1H3,(H2,14,16)(H,15,17). The second-order valence-electron chi connectivity index (χ2n) is 4.90. The molecule has 5 nitrogen and oxygen atoms in total. The molecule has 1 aromatic rings. The lowest BCUT2D eigenvalue weighted by atomic mass is 9.99. The van der Waals surface area contributed by atoms with Crippen LogP contribution in [0.15, 0.2) is 11.2 Å². The van der Waals surface area contributed by atoms with Crippen LogP contribution in [0.1, 0.15) is 39.9 Å². The Morgan fingerprint density at radius 3 is 3.00 bits per heavy atom. The lowest BCUT2D eigenvalue weighted by Gasteiger charge is -2.10. The molecule has 0 spiro atoms. The van der Waals surface area contributed by atoms with Gasteiger partial charge in [0.1, 0.15) is 5.84 Å². The fourth-order valence-electron chi connectivity index (χ4n) is 2.14. The van der Waals surface area contributed by atoms with E-state index in [0.29, 0.717) is 6.54 Å². The van der Waals surface area contributed by atoms with Crippen LogP contribution in [0.3, 0.4) is 0 Å². The third kappa shape index (κ3) is 3.26. The average Bonchev–Trinajstić information content (AvgIpc) is 2.87. The zero-order chi connectivity index (χ0) is 13.8. The number of carbonyl (C=O) groups excluding carboxylic acids is 1. The Kier molecular flexibility index (Phi) is 4.42. The number of thiophene rings is 1. The first-order chi connectivity index (χ1) is 9.11. The summed E-state index contributed by atoms with van der Waals surface area (Å²) in [6.07, 6.45) is 4.61. The molecule has 1 heterocycles. The number of nitrogens with one attached hydrogen (secondary N) is 1. The number of carbonyl (C=O) groups is 1. The van der Waals surface area contributed by atoms with Gasteiger partial charge in [-0.25, -0.2) is 0 Å². The van der Waals surface area contributed by atoms with Crippen molar-refractivity contribution in [3.8, 4) is 0 Å². The summed E-state index contributed by atoms with van der Waals surface area (Å²) in [6, 6.07) is 2.00. The Labute approximate surface area is 116 Å². The van der Waals surface area contributed by atoms with Crippen LogP contribution in [0.25, 0.3) is 0 Å². The van der Waals surface area contributed by atoms with Crippen LogP contribution in [0.4, 0.5) is 0 Å². The van der Waals surface area contributed by atoms with Crippen molar-refractivity contribution < 1.29 is 10.0 Å². The molecular weight excluding hydrogens is 262 g/mol. The van der Waals surface area contributed by atoms with Gasteiger partial charge < -0.3 is 16.3 Å². The maximum absolute atomic E-state index is 12.0. The van der Waals surface area contributed by atoms with E-state index in [1.54, 1.807) is 18.3 Å². The Morgan fingerprint density at radius 1 is 1.58 bits per heavy atom. The molecule has 19 heavy (non-hydrogen) atoms. The Bertz CT molecular complexity index is 473. The molecule has 2 rings (SSSR count). The summed E-state index contributed by atoms with van der Waals surface area (Å²) in [5, 5.41) is 14.3. The molecule has 1 atom stereocenters. The fourth-order valence-corrected chi connectivity index (χ4v) is 3.31. The monoisotopic (exact) mass is 281 g/mol. The molecule has 1 aliphatic rings. The minimum Gasteiger partial charge on any atom is -0.409 e. The molecule has 0 saturated heterocycles. The maximum Gasteiger partial charge on any atom is 0.261 e. The van der Waals surface area contributed by atoms with Crippen molar-refractivity contribution >= 4 is 23.1 Å². The van der Waals surface area contributed by atoms with E-state index in [0.717, 1.165) is 17.7 Å². The molecule has 1 amide bonds. The van der Waals surface area contributed by atoms with Gasteiger partial charge in [0, 0.05) is 17.3 Å². The van der Waals surface area contributed by atoms with Gasteiger partial charge in [0.05, 0.1) is 4.88 Å². The number of nitrogens with zero attached hydrogens (tertiary/aromatic N) is 1. The predicted molar refractivity (Wildman–Crippen MR) is 75.9 cm³/mol. The number of hydrogen-bond acceptors (Lipinski definition) is 4. The second-order valence-corrected chi connectivity index (χ2v) is 6.04. The van der Waals surface area contributed by atoms with Crippen LogP contribution in [-0.2, 0) is 12.8 Å². The summed E-state index contributed by atoms with van der Waals surface area (Å²) in [4.78, 5) is 14.1. The predicted octanol–water partition coefficient (Wildman–Crippen LogP) is 1.74. The van der Waals surface area contributed by atoms with Gasteiger partial charge in [0.2, 0.25) is 0 Å². The van der Waals surface area contributed by atoms with Crippen molar-refractivity contribution in [3.63, 3.8) is 0 Å². The molecular formula is C13H19N3O2S. The van der Waals surface area contributed by atoms with Crippen LogP contribution >= 0.6 is 11.3 Å². The summed E-state index contributed by atoms with van der Waals surface area (Å²) in [5.41, 5.74) is 6.80. The molecule has 1 unspecified atom stereocenters. The quantitative estimate of drug-likeness (QED) is 0.340. The number of oxime groups is 1. The highest BCUT2D eigenvalue weighted by Crippen LogP contribution is 2.29. The highest BCUT2D eigenvalue weighted by Gasteiger charge is 2.18. The van der Waals surface area contributed by atoms with E-state index in [2.05, 4.69) is 10.5 Å². The number of amides is 1. The van der Waals surface area contributed by atoms with Crippen LogP contribution < -0.4 is 11.1 Å². The first-order valence-corrected chi connectivity index (χ1v) is 7.30.